The van der Waals surface area contributed by atoms with E-state index < -0.39 is 35.9 Å². The van der Waals surface area contributed by atoms with Crippen LogP contribution in [0.15, 0.2) is 60.7 Å². The largest absolute Gasteiger partial charge is 0.480 e. The number of benzene rings is 2. The molecule has 5 N–H and O–H groups in total. The highest BCUT2D eigenvalue weighted by Crippen LogP contribution is 2.08. The lowest BCUT2D eigenvalue weighted by Crippen LogP contribution is -2.56. The van der Waals surface area contributed by atoms with Crippen LogP contribution in [0.4, 0.5) is 0 Å². The average molecular weight is 412 g/mol. The van der Waals surface area contributed by atoms with Gasteiger partial charge >= 0.3 is 5.97 Å². The Morgan fingerprint density at radius 2 is 1.23 bits per heavy atom. The predicted molar refractivity (Wildman–Crippen MR) is 115 cm³/mol. The van der Waals surface area contributed by atoms with Crippen LogP contribution < -0.4 is 16.4 Å². The zero-order valence-corrected chi connectivity index (χ0v) is 17.2. The fourth-order valence-corrected chi connectivity index (χ4v) is 2.95. The van der Waals surface area contributed by atoms with E-state index in [1.54, 1.807) is 12.1 Å². The van der Waals surface area contributed by atoms with Gasteiger partial charge in [-0.05, 0) is 17.0 Å². The Hall–Kier alpha value is -3.19. The number of hydrogen-bond donors (Lipinski definition) is 4. The van der Waals surface area contributed by atoms with Gasteiger partial charge in [-0.3, -0.25) is 9.59 Å². The smallest absolute Gasteiger partial charge is 0.326 e. The summed E-state index contributed by atoms with van der Waals surface area (Å²) in [5.74, 6) is -2.26. The number of nitrogens with one attached hydrogen (secondary N) is 2. The first kappa shape index (κ1) is 23.1. The third-order valence-corrected chi connectivity index (χ3v) is 4.83. The van der Waals surface area contributed by atoms with Gasteiger partial charge in [-0.15, -0.1) is 0 Å². The van der Waals surface area contributed by atoms with E-state index in [0.29, 0.717) is 0 Å². The second kappa shape index (κ2) is 11.1. The molecule has 0 aliphatic rings. The molecule has 0 aliphatic heterocycles. The molecule has 0 saturated heterocycles. The topological polar surface area (TPSA) is 122 Å². The summed E-state index contributed by atoms with van der Waals surface area (Å²) in [6.45, 7) is 3.63. The molecule has 0 saturated carbocycles. The van der Waals surface area contributed by atoms with Gasteiger partial charge in [0.25, 0.3) is 0 Å². The van der Waals surface area contributed by atoms with E-state index in [-0.39, 0.29) is 18.8 Å². The molecule has 7 heteroatoms. The number of carbonyl (C=O) groups excluding carboxylic acids is 2. The van der Waals surface area contributed by atoms with Crippen LogP contribution in [0, 0.1) is 5.92 Å². The highest BCUT2D eigenvalue weighted by atomic mass is 16.4. The van der Waals surface area contributed by atoms with Crippen LogP contribution in [0.5, 0.6) is 0 Å². The first-order valence-corrected chi connectivity index (χ1v) is 9.95. The molecule has 2 amide bonds. The van der Waals surface area contributed by atoms with Gasteiger partial charge in [-0.2, -0.15) is 0 Å². The summed E-state index contributed by atoms with van der Waals surface area (Å²) in [7, 11) is 0. The number of carboxylic acids is 1. The van der Waals surface area contributed by atoms with Gasteiger partial charge in [0.1, 0.15) is 12.1 Å². The van der Waals surface area contributed by atoms with Crippen LogP contribution in [-0.4, -0.2) is 41.0 Å². The molecule has 2 aromatic carbocycles. The standard InChI is InChI=1S/C23H29N3O4/c1-15(2)20(24)22(28)25-18(13-16-9-5-3-6-10-16)21(27)26-19(23(29)30)14-17-11-7-4-8-12-17/h3-12,15,18-20H,13-14,24H2,1-2H3,(H,25,28)(H,26,27)(H,29,30). The molecule has 7 nitrogen and oxygen atoms in total. The average Bonchev–Trinajstić information content (AvgIpc) is 2.73. The molecule has 30 heavy (non-hydrogen) atoms. The summed E-state index contributed by atoms with van der Waals surface area (Å²) in [6.07, 6.45) is 0.361. The lowest BCUT2D eigenvalue weighted by molar-refractivity contribution is -0.142. The first-order chi connectivity index (χ1) is 14.3. The Bertz CT molecular complexity index is 840. The zero-order valence-electron chi connectivity index (χ0n) is 17.2. The van der Waals surface area contributed by atoms with Crippen molar-refractivity contribution in [1.82, 2.24) is 10.6 Å². The fourth-order valence-electron chi connectivity index (χ4n) is 2.95. The van der Waals surface area contributed by atoms with Gasteiger partial charge in [0.05, 0.1) is 6.04 Å². The number of carboxylic acid groups (broad SMARTS) is 1. The Morgan fingerprint density at radius 1 is 0.800 bits per heavy atom. The van der Waals surface area contributed by atoms with Crippen LogP contribution in [0.2, 0.25) is 0 Å². The van der Waals surface area contributed by atoms with Crippen molar-refractivity contribution >= 4 is 17.8 Å². The van der Waals surface area contributed by atoms with Crippen molar-refractivity contribution in [2.75, 3.05) is 0 Å². The maximum atomic E-state index is 13.0. The maximum absolute atomic E-state index is 13.0. The molecular formula is C23H29N3O4. The Labute approximate surface area is 176 Å². The highest BCUT2D eigenvalue weighted by Gasteiger charge is 2.29. The Balaban J connectivity index is 2.16. The molecular weight excluding hydrogens is 382 g/mol. The van der Waals surface area contributed by atoms with E-state index in [0.717, 1.165) is 11.1 Å². The Kier molecular flexibility index (Phi) is 8.55. The summed E-state index contributed by atoms with van der Waals surface area (Å²) < 4.78 is 0. The monoisotopic (exact) mass is 411 g/mol. The van der Waals surface area contributed by atoms with E-state index in [9.17, 15) is 19.5 Å². The minimum atomic E-state index is -1.14. The highest BCUT2D eigenvalue weighted by molar-refractivity contribution is 5.92. The summed E-state index contributed by atoms with van der Waals surface area (Å²) in [6, 6.07) is 15.4. The summed E-state index contributed by atoms with van der Waals surface area (Å²) in [4.78, 5) is 37.1. The van der Waals surface area contributed by atoms with Gasteiger partial charge in [0, 0.05) is 12.8 Å². The number of amides is 2. The summed E-state index contributed by atoms with van der Waals surface area (Å²) >= 11 is 0. The molecule has 0 radical (unpaired) electrons. The predicted octanol–water partition coefficient (Wildman–Crippen LogP) is 1.51. The molecule has 0 spiro atoms. The number of hydrogen-bond acceptors (Lipinski definition) is 4. The minimum absolute atomic E-state index is 0.102. The number of carbonyl (C=O) groups is 3. The van der Waals surface area contributed by atoms with Crippen molar-refractivity contribution in [3.05, 3.63) is 71.8 Å². The maximum Gasteiger partial charge on any atom is 0.326 e. The van der Waals surface area contributed by atoms with Crippen LogP contribution in [-0.2, 0) is 27.2 Å². The molecule has 160 valence electrons. The third-order valence-electron chi connectivity index (χ3n) is 4.83. The normalized spacial score (nSPS) is 13.9. The Morgan fingerprint density at radius 3 is 1.67 bits per heavy atom. The molecule has 0 heterocycles. The molecule has 0 bridgehead atoms. The van der Waals surface area contributed by atoms with Crippen molar-refractivity contribution in [3.8, 4) is 0 Å². The van der Waals surface area contributed by atoms with Crippen LogP contribution in [0.1, 0.15) is 25.0 Å². The molecule has 0 aliphatic carbocycles. The summed E-state index contributed by atoms with van der Waals surface area (Å²) in [5.41, 5.74) is 7.54. The van der Waals surface area contributed by atoms with Crippen LogP contribution in [0.3, 0.4) is 0 Å². The van der Waals surface area contributed by atoms with Crippen molar-refractivity contribution < 1.29 is 19.5 Å². The van der Waals surface area contributed by atoms with E-state index in [2.05, 4.69) is 10.6 Å². The van der Waals surface area contributed by atoms with E-state index in [1.807, 2.05) is 62.4 Å². The molecule has 0 aromatic heterocycles. The molecule has 3 unspecified atom stereocenters. The van der Waals surface area contributed by atoms with Gasteiger partial charge in [-0.25, -0.2) is 4.79 Å². The summed E-state index contributed by atoms with van der Waals surface area (Å²) in [5, 5.41) is 14.8. The fraction of sp³-hybridized carbons (Fsp3) is 0.348. The number of aliphatic carboxylic acids is 1. The molecule has 3 atom stereocenters. The van der Waals surface area contributed by atoms with Crippen LogP contribution in [0.25, 0.3) is 0 Å². The SMILES string of the molecule is CC(C)C(N)C(=O)NC(Cc1ccccc1)C(=O)NC(Cc1ccccc1)C(=O)O. The second-order valence-electron chi connectivity index (χ2n) is 7.61. The zero-order chi connectivity index (χ0) is 22.1. The van der Waals surface area contributed by atoms with Crippen molar-refractivity contribution in [3.63, 3.8) is 0 Å². The molecule has 0 fully saturated rings. The molecule has 2 aromatic rings. The van der Waals surface area contributed by atoms with E-state index >= 15 is 0 Å². The lowest BCUT2D eigenvalue weighted by Gasteiger charge is -2.24. The second-order valence-corrected chi connectivity index (χ2v) is 7.61. The van der Waals surface area contributed by atoms with Crippen LogP contribution >= 0.6 is 0 Å². The quantitative estimate of drug-likeness (QED) is 0.472. The minimum Gasteiger partial charge on any atom is -0.480 e. The van der Waals surface area contributed by atoms with Gasteiger partial charge < -0.3 is 21.5 Å². The van der Waals surface area contributed by atoms with Gasteiger partial charge in [0.15, 0.2) is 0 Å². The van der Waals surface area contributed by atoms with Crippen molar-refractivity contribution in [1.29, 1.82) is 0 Å². The number of nitrogens with two attached hydrogens (primary N) is 1. The third kappa shape index (κ3) is 7.00. The van der Waals surface area contributed by atoms with E-state index in [1.165, 1.54) is 0 Å². The van der Waals surface area contributed by atoms with Gasteiger partial charge in [0.2, 0.25) is 11.8 Å². The first-order valence-electron chi connectivity index (χ1n) is 9.95. The van der Waals surface area contributed by atoms with E-state index in [4.69, 9.17) is 5.73 Å². The number of rotatable bonds is 10. The van der Waals surface area contributed by atoms with Gasteiger partial charge in [-0.1, -0.05) is 74.5 Å². The van der Waals surface area contributed by atoms with Crippen molar-refractivity contribution in [2.24, 2.45) is 11.7 Å². The molecule has 2 rings (SSSR count). The van der Waals surface area contributed by atoms with Crippen molar-refractivity contribution in [2.45, 2.75) is 44.8 Å². The lowest BCUT2D eigenvalue weighted by atomic mass is 10.0.